The number of pyridine rings is 1. The second kappa shape index (κ2) is 6.97. The summed E-state index contributed by atoms with van der Waals surface area (Å²) >= 11 is 0. The molecule has 1 fully saturated rings. The minimum atomic E-state index is -0.918. The van der Waals surface area contributed by atoms with E-state index in [0.29, 0.717) is 0 Å². The first-order valence-corrected chi connectivity index (χ1v) is 8.36. The molecule has 1 atom stereocenters. The van der Waals surface area contributed by atoms with Gasteiger partial charge in [-0.1, -0.05) is 20.8 Å². The van der Waals surface area contributed by atoms with Crippen LogP contribution in [0.2, 0.25) is 0 Å². The Kier molecular flexibility index (Phi) is 5.61. The predicted octanol–water partition coefficient (Wildman–Crippen LogP) is 2.85. The summed E-state index contributed by atoms with van der Waals surface area (Å²) in [5, 5.41) is 9.38. The molecule has 2 aliphatic rings. The maximum atomic E-state index is 11.4. The third-order valence-corrected chi connectivity index (χ3v) is 5.21. The van der Waals surface area contributed by atoms with Crippen LogP contribution in [0.4, 0.5) is 0 Å². The topological polar surface area (TPSA) is 53.4 Å². The molecule has 0 saturated carbocycles. The number of aromatic carboxylic acids is 1. The van der Waals surface area contributed by atoms with Gasteiger partial charge >= 0.3 is 5.97 Å². The van der Waals surface area contributed by atoms with Gasteiger partial charge in [-0.15, -0.1) is 0 Å². The fourth-order valence-electron chi connectivity index (χ4n) is 3.94. The van der Waals surface area contributed by atoms with Crippen molar-refractivity contribution in [2.24, 2.45) is 5.92 Å². The zero-order chi connectivity index (χ0) is 15.9. The number of hydrogen-bond acceptors (Lipinski definition) is 3. The van der Waals surface area contributed by atoms with E-state index < -0.39 is 5.97 Å². The first-order valence-electron chi connectivity index (χ1n) is 8.36. The second-order valence-electron chi connectivity index (χ2n) is 7.67. The van der Waals surface area contributed by atoms with Gasteiger partial charge < -0.3 is 5.11 Å². The molecule has 0 aromatic carbocycles. The van der Waals surface area contributed by atoms with Gasteiger partial charge in [-0.3, -0.25) is 4.90 Å². The molecule has 1 aromatic rings. The third-order valence-electron chi connectivity index (χ3n) is 5.21. The van der Waals surface area contributed by atoms with Gasteiger partial charge in [0.1, 0.15) is 5.69 Å². The number of carboxylic acids is 1. The molecule has 1 aromatic heterocycles. The number of hydrogen-bond donors (Lipinski definition) is 1. The van der Waals surface area contributed by atoms with Gasteiger partial charge in [0.2, 0.25) is 0 Å². The van der Waals surface area contributed by atoms with E-state index in [0.717, 1.165) is 44.1 Å². The Morgan fingerprint density at radius 1 is 1.48 bits per heavy atom. The molecule has 2 heterocycles. The van der Waals surface area contributed by atoms with Crippen LogP contribution in [0, 0.1) is 5.92 Å². The van der Waals surface area contributed by atoms with Gasteiger partial charge in [0, 0.05) is 37.4 Å². The Labute approximate surface area is 150 Å². The number of likely N-dealkylation sites (tertiary alicyclic amines) is 1. The molecule has 1 aliphatic carbocycles. The van der Waals surface area contributed by atoms with Crippen LogP contribution in [0.5, 0.6) is 0 Å². The molecule has 1 saturated heterocycles. The fourth-order valence-corrected chi connectivity index (χ4v) is 3.94. The van der Waals surface area contributed by atoms with Gasteiger partial charge in [0.05, 0.1) is 5.69 Å². The zero-order valence-corrected chi connectivity index (χ0v) is 14.9. The zero-order valence-electron chi connectivity index (χ0n) is 14.9. The van der Waals surface area contributed by atoms with E-state index in [4.69, 9.17) is 0 Å². The molecule has 0 spiro atoms. The van der Waals surface area contributed by atoms with Crippen molar-refractivity contribution in [2.45, 2.75) is 58.4 Å². The van der Waals surface area contributed by atoms with Crippen LogP contribution >= 0.6 is 0 Å². The summed E-state index contributed by atoms with van der Waals surface area (Å²) in [5.74, 6) is -0.183. The summed E-state index contributed by atoms with van der Waals surface area (Å²) in [5.41, 5.74) is 3.68. The van der Waals surface area contributed by atoms with Crippen LogP contribution in [0.25, 0.3) is 0 Å². The monoisotopic (exact) mass is 309 g/mol. The second-order valence-corrected chi connectivity index (χ2v) is 7.67. The number of piperidine rings is 1. The average Bonchev–Trinajstić information content (AvgIpc) is 2.75. The number of aromatic nitrogens is 1. The molecule has 1 radical (unpaired) electrons. The Hall–Kier alpha value is -0.823. The molecule has 0 amide bonds. The van der Waals surface area contributed by atoms with Crippen LogP contribution in [0.1, 0.15) is 67.3 Å². The molecular weight excluding hydrogens is 283 g/mol. The minimum absolute atomic E-state index is 0. The Morgan fingerprint density at radius 3 is 2.87 bits per heavy atom. The van der Waals surface area contributed by atoms with Gasteiger partial charge in [0.25, 0.3) is 0 Å². The number of rotatable bonds is 3. The van der Waals surface area contributed by atoms with E-state index in [9.17, 15) is 9.90 Å². The molecule has 5 heteroatoms. The SMILES string of the molecule is C[C@H]1CCCN(Cc2cc(C(=O)O)nc3c2CCC3(C)C)C1.[Li]. The summed E-state index contributed by atoms with van der Waals surface area (Å²) in [6.07, 6.45) is 4.62. The van der Waals surface area contributed by atoms with Crippen molar-refractivity contribution < 1.29 is 9.90 Å². The first kappa shape index (κ1) is 18.5. The van der Waals surface area contributed by atoms with Gasteiger partial charge in [-0.2, -0.15) is 0 Å². The van der Waals surface area contributed by atoms with Crippen molar-refractivity contribution >= 4 is 24.8 Å². The molecule has 1 N–H and O–H groups in total. The van der Waals surface area contributed by atoms with Crippen molar-refractivity contribution in [2.75, 3.05) is 13.1 Å². The van der Waals surface area contributed by atoms with E-state index >= 15 is 0 Å². The van der Waals surface area contributed by atoms with Crippen molar-refractivity contribution in [1.82, 2.24) is 9.88 Å². The van der Waals surface area contributed by atoms with Crippen molar-refractivity contribution in [3.05, 3.63) is 28.6 Å². The van der Waals surface area contributed by atoms with Crippen LogP contribution in [-0.4, -0.2) is 52.9 Å². The fraction of sp³-hybridized carbons (Fsp3) is 0.667. The summed E-state index contributed by atoms with van der Waals surface area (Å²) in [7, 11) is 0. The molecule has 0 unspecified atom stereocenters. The molecule has 0 bridgehead atoms. The Morgan fingerprint density at radius 2 is 2.22 bits per heavy atom. The molecule has 4 nitrogen and oxygen atoms in total. The summed E-state index contributed by atoms with van der Waals surface area (Å²) in [6, 6.07) is 1.81. The van der Waals surface area contributed by atoms with E-state index in [-0.39, 0.29) is 30.0 Å². The van der Waals surface area contributed by atoms with Gasteiger partial charge in [-0.25, -0.2) is 9.78 Å². The van der Waals surface area contributed by atoms with Crippen LogP contribution in [0.15, 0.2) is 6.07 Å². The van der Waals surface area contributed by atoms with Crippen LogP contribution < -0.4 is 0 Å². The number of carboxylic acid groups (broad SMARTS) is 1. The quantitative estimate of drug-likeness (QED) is 0.872. The smallest absolute Gasteiger partial charge is 0.354 e. The normalized spacial score (nSPS) is 23.2. The van der Waals surface area contributed by atoms with Gasteiger partial charge in [-0.05, 0) is 55.3 Å². The van der Waals surface area contributed by atoms with E-state index in [2.05, 4.69) is 30.7 Å². The number of fused-ring (bicyclic) bond motifs is 1. The molecule has 23 heavy (non-hydrogen) atoms. The third kappa shape index (κ3) is 3.82. The van der Waals surface area contributed by atoms with Gasteiger partial charge in [0.15, 0.2) is 0 Å². The number of carbonyl (C=O) groups is 1. The van der Waals surface area contributed by atoms with Crippen LogP contribution in [0.3, 0.4) is 0 Å². The van der Waals surface area contributed by atoms with E-state index in [1.165, 1.54) is 24.0 Å². The first-order chi connectivity index (χ1) is 10.4. The predicted molar refractivity (Wildman–Crippen MR) is 92.0 cm³/mol. The van der Waals surface area contributed by atoms with E-state index in [1.807, 2.05) is 6.07 Å². The molecule has 121 valence electrons. The summed E-state index contributed by atoms with van der Waals surface area (Å²) in [6.45, 7) is 9.74. The van der Waals surface area contributed by atoms with Crippen molar-refractivity contribution in [1.29, 1.82) is 0 Å². The van der Waals surface area contributed by atoms with E-state index in [1.54, 1.807) is 0 Å². The number of nitrogens with zero attached hydrogens (tertiary/aromatic N) is 2. The van der Waals surface area contributed by atoms with Crippen molar-refractivity contribution in [3.8, 4) is 0 Å². The largest absolute Gasteiger partial charge is 0.477 e. The molecule has 3 rings (SSSR count). The van der Waals surface area contributed by atoms with Crippen LogP contribution in [-0.2, 0) is 18.4 Å². The Bertz CT molecular complexity index is 601. The maximum absolute atomic E-state index is 11.4. The summed E-state index contributed by atoms with van der Waals surface area (Å²) in [4.78, 5) is 18.4. The maximum Gasteiger partial charge on any atom is 0.354 e. The molecule has 1 aliphatic heterocycles. The summed E-state index contributed by atoms with van der Waals surface area (Å²) < 4.78 is 0. The average molecular weight is 309 g/mol. The van der Waals surface area contributed by atoms with Crippen molar-refractivity contribution in [3.63, 3.8) is 0 Å². The minimum Gasteiger partial charge on any atom is -0.477 e. The molecular formula is C18H26LiN2O2. The Balaban J connectivity index is 0.00000192. The standard InChI is InChI=1S/C18H26N2O2.Li/c1-12-5-4-8-20(10-12)11-13-9-15(17(21)22)19-16-14(13)6-7-18(16,2)3;/h9,12H,4-8,10-11H2,1-3H3,(H,21,22);/t12-;/m0./s1.